The molecule has 1 aromatic heterocycles. The molecule has 1 amide bonds. The first-order valence-electron chi connectivity index (χ1n) is 7.68. The van der Waals surface area contributed by atoms with Crippen molar-refractivity contribution >= 4 is 17.5 Å². The molecule has 0 aromatic carbocycles. The molecular weight excluding hydrogens is 272 g/mol. The fourth-order valence-electron chi connectivity index (χ4n) is 3.72. The lowest BCUT2D eigenvalue weighted by molar-refractivity contribution is 0.0661. The third kappa shape index (κ3) is 2.83. The molecule has 0 spiro atoms. The van der Waals surface area contributed by atoms with Gasteiger partial charge >= 0.3 is 0 Å². The lowest BCUT2D eigenvalue weighted by Gasteiger charge is -2.34. The SMILES string of the molecule is O=C(c1ccc(Cl)nc1)N1CCCC1C1CCCCC1. The summed E-state index contributed by atoms with van der Waals surface area (Å²) in [6.07, 6.45) is 10.5. The summed E-state index contributed by atoms with van der Waals surface area (Å²) in [5, 5.41) is 0.437. The average molecular weight is 293 g/mol. The van der Waals surface area contributed by atoms with Crippen LogP contribution in [0.25, 0.3) is 0 Å². The molecule has 3 rings (SSSR count). The van der Waals surface area contributed by atoms with E-state index in [4.69, 9.17) is 11.6 Å². The smallest absolute Gasteiger partial charge is 0.255 e. The van der Waals surface area contributed by atoms with Crippen LogP contribution in [0.15, 0.2) is 18.3 Å². The van der Waals surface area contributed by atoms with E-state index in [0.29, 0.717) is 22.7 Å². The van der Waals surface area contributed by atoms with Crippen LogP contribution in [0.5, 0.6) is 0 Å². The zero-order valence-corrected chi connectivity index (χ0v) is 12.5. The van der Waals surface area contributed by atoms with Crippen molar-refractivity contribution in [3.8, 4) is 0 Å². The predicted molar refractivity (Wildman–Crippen MR) is 79.9 cm³/mol. The first kappa shape index (κ1) is 13.9. The highest BCUT2D eigenvalue weighted by Crippen LogP contribution is 2.34. The Kier molecular flexibility index (Phi) is 4.25. The van der Waals surface area contributed by atoms with Crippen LogP contribution in [0.2, 0.25) is 5.15 Å². The van der Waals surface area contributed by atoms with E-state index in [1.165, 1.54) is 32.1 Å². The second-order valence-corrected chi connectivity index (χ2v) is 6.36. The van der Waals surface area contributed by atoms with Crippen molar-refractivity contribution < 1.29 is 4.79 Å². The monoisotopic (exact) mass is 292 g/mol. The van der Waals surface area contributed by atoms with Gasteiger partial charge in [0, 0.05) is 18.8 Å². The van der Waals surface area contributed by atoms with Gasteiger partial charge in [-0.2, -0.15) is 0 Å². The van der Waals surface area contributed by atoms with Crippen molar-refractivity contribution in [2.24, 2.45) is 5.92 Å². The standard InChI is InChI=1S/C16H21ClN2O/c17-15-9-8-13(11-18-15)16(20)19-10-4-7-14(19)12-5-2-1-3-6-12/h8-9,11-12,14H,1-7,10H2. The highest BCUT2D eigenvalue weighted by Gasteiger charge is 2.35. The summed E-state index contributed by atoms with van der Waals surface area (Å²) >= 11 is 5.79. The number of rotatable bonds is 2. The Morgan fingerprint density at radius 2 is 1.95 bits per heavy atom. The minimum Gasteiger partial charge on any atom is -0.335 e. The van der Waals surface area contributed by atoms with Crippen LogP contribution in [-0.4, -0.2) is 28.4 Å². The van der Waals surface area contributed by atoms with Crippen molar-refractivity contribution in [2.75, 3.05) is 6.54 Å². The molecule has 1 aliphatic heterocycles. The van der Waals surface area contributed by atoms with E-state index in [-0.39, 0.29) is 5.91 Å². The van der Waals surface area contributed by atoms with Gasteiger partial charge in [-0.25, -0.2) is 4.98 Å². The van der Waals surface area contributed by atoms with Crippen LogP contribution >= 0.6 is 11.6 Å². The fraction of sp³-hybridized carbons (Fsp3) is 0.625. The number of pyridine rings is 1. The van der Waals surface area contributed by atoms with Crippen LogP contribution in [0.3, 0.4) is 0 Å². The molecule has 0 radical (unpaired) electrons. The Morgan fingerprint density at radius 3 is 2.65 bits per heavy atom. The molecule has 2 aliphatic rings. The van der Waals surface area contributed by atoms with Crippen LogP contribution in [0, 0.1) is 5.92 Å². The molecular formula is C16H21ClN2O. The molecule has 1 saturated carbocycles. The van der Waals surface area contributed by atoms with Gasteiger partial charge in [0.15, 0.2) is 0 Å². The van der Waals surface area contributed by atoms with E-state index >= 15 is 0 Å². The molecule has 1 atom stereocenters. The Labute approximate surface area is 125 Å². The van der Waals surface area contributed by atoms with Crippen molar-refractivity contribution in [3.63, 3.8) is 0 Å². The molecule has 108 valence electrons. The average Bonchev–Trinajstić information content (AvgIpc) is 2.97. The number of nitrogens with zero attached hydrogens (tertiary/aromatic N) is 2. The van der Waals surface area contributed by atoms with Crippen LogP contribution in [-0.2, 0) is 0 Å². The van der Waals surface area contributed by atoms with E-state index < -0.39 is 0 Å². The molecule has 1 saturated heterocycles. The zero-order valence-electron chi connectivity index (χ0n) is 11.7. The van der Waals surface area contributed by atoms with Gasteiger partial charge in [0.2, 0.25) is 0 Å². The second kappa shape index (κ2) is 6.13. The van der Waals surface area contributed by atoms with Gasteiger partial charge in [-0.15, -0.1) is 0 Å². The van der Waals surface area contributed by atoms with Gasteiger partial charge in [-0.1, -0.05) is 30.9 Å². The highest BCUT2D eigenvalue weighted by molar-refractivity contribution is 6.29. The van der Waals surface area contributed by atoms with Crippen molar-refractivity contribution in [3.05, 3.63) is 29.0 Å². The number of carbonyl (C=O) groups is 1. The van der Waals surface area contributed by atoms with Gasteiger partial charge in [-0.05, 0) is 43.7 Å². The van der Waals surface area contributed by atoms with Crippen LogP contribution < -0.4 is 0 Å². The molecule has 2 heterocycles. The van der Waals surface area contributed by atoms with Crippen LogP contribution in [0.4, 0.5) is 0 Å². The minimum absolute atomic E-state index is 0.127. The molecule has 2 fully saturated rings. The maximum Gasteiger partial charge on any atom is 0.255 e. The van der Waals surface area contributed by atoms with Crippen molar-refractivity contribution in [1.29, 1.82) is 0 Å². The molecule has 1 aromatic rings. The third-order valence-corrected chi connectivity index (χ3v) is 4.95. The molecule has 4 heteroatoms. The number of amides is 1. The largest absolute Gasteiger partial charge is 0.335 e. The predicted octanol–water partition coefficient (Wildman–Crippen LogP) is 3.92. The maximum atomic E-state index is 12.7. The van der Waals surface area contributed by atoms with Crippen LogP contribution in [0.1, 0.15) is 55.3 Å². The molecule has 3 nitrogen and oxygen atoms in total. The summed E-state index contributed by atoms with van der Waals surface area (Å²) in [6, 6.07) is 3.92. The topological polar surface area (TPSA) is 33.2 Å². The third-order valence-electron chi connectivity index (χ3n) is 4.73. The lowest BCUT2D eigenvalue weighted by Crippen LogP contribution is -2.40. The number of halogens is 1. The summed E-state index contributed by atoms with van der Waals surface area (Å²) in [4.78, 5) is 18.8. The molecule has 1 unspecified atom stereocenters. The van der Waals surface area contributed by atoms with Gasteiger partial charge in [0.25, 0.3) is 5.91 Å². The van der Waals surface area contributed by atoms with E-state index in [9.17, 15) is 4.79 Å². The molecule has 0 N–H and O–H groups in total. The quantitative estimate of drug-likeness (QED) is 0.774. The molecule has 20 heavy (non-hydrogen) atoms. The normalized spacial score (nSPS) is 24.1. The molecule has 1 aliphatic carbocycles. The number of hydrogen-bond donors (Lipinski definition) is 0. The first-order valence-corrected chi connectivity index (χ1v) is 8.06. The summed E-state index contributed by atoms with van der Waals surface area (Å²) in [5.74, 6) is 0.831. The Morgan fingerprint density at radius 1 is 1.15 bits per heavy atom. The number of likely N-dealkylation sites (tertiary alicyclic amines) is 1. The van der Waals surface area contributed by atoms with E-state index in [2.05, 4.69) is 9.88 Å². The van der Waals surface area contributed by atoms with Gasteiger partial charge < -0.3 is 4.90 Å². The molecule has 0 bridgehead atoms. The second-order valence-electron chi connectivity index (χ2n) is 5.98. The summed E-state index contributed by atoms with van der Waals surface area (Å²) in [5.41, 5.74) is 0.664. The van der Waals surface area contributed by atoms with Gasteiger partial charge in [0.05, 0.1) is 5.56 Å². The summed E-state index contributed by atoms with van der Waals surface area (Å²) in [6.45, 7) is 0.891. The Hall–Kier alpha value is -1.09. The van der Waals surface area contributed by atoms with Crippen molar-refractivity contribution in [1.82, 2.24) is 9.88 Å². The Balaban J connectivity index is 1.74. The summed E-state index contributed by atoms with van der Waals surface area (Å²) < 4.78 is 0. The van der Waals surface area contributed by atoms with E-state index in [1.807, 2.05) is 0 Å². The maximum absolute atomic E-state index is 12.7. The highest BCUT2D eigenvalue weighted by atomic mass is 35.5. The lowest BCUT2D eigenvalue weighted by atomic mass is 9.83. The fourth-order valence-corrected chi connectivity index (χ4v) is 3.83. The van der Waals surface area contributed by atoms with Gasteiger partial charge in [0.1, 0.15) is 5.15 Å². The zero-order chi connectivity index (χ0) is 13.9. The first-order chi connectivity index (χ1) is 9.75. The van der Waals surface area contributed by atoms with Crippen molar-refractivity contribution in [2.45, 2.75) is 51.0 Å². The number of hydrogen-bond acceptors (Lipinski definition) is 2. The Bertz CT molecular complexity index is 468. The van der Waals surface area contributed by atoms with Gasteiger partial charge in [-0.3, -0.25) is 4.79 Å². The minimum atomic E-state index is 0.127. The number of aromatic nitrogens is 1. The summed E-state index contributed by atoms with van der Waals surface area (Å²) in [7, 11) is 0. The van der Waals surface area contributed by atoms with E-state index in [1.54, 1.807) is 18.3 Å². The van der Waals surface area contributed by atoms with E-state index in [0.717, 1.165) is 19.4 Å². The number of carbonyl (C=O) groups excluding carboxylic acids is 1.